The van der Waals surface area contributed by atoms with Gasteiger partial charge in [0, 0.05) is 12.1 Å². The van der Waals surface area contributed by atoms with E-state index >= 15 is 0 Å². The van der Waals surface area contributed by atoms with Gasteiger partial charge in [0.2, 0.25) is 0 Å². The van der Waals surface area contributed by atoms with E-state index in [2.05, 4.69) is 0 Å². The number of nitrogens with zero attached hydrogens (tertiary/aromatic N) is 1. The van der Waals surface area contributed by atoms with E-state index in [-0.39, 0.29) is 17.9 Å². The van der Waals surface area contributed by atoms with E-state index in [1.807, 2.05) is 33.2 Å². The van der Waals surface area contributed by atoms with E-state index < -0.39 is 22.8 Å². The number of imide groups is 2. The summed E-state index contributed by atoms with van der Waals surface area (Å²) >= 11 is 2.04. The number of nitro benzene ring substituents is 1. The number of hydrogen-bond acceptors (Lipinski definition) is 7. The number of barbiturate groups is 1. The Labute approximate surface area is 189 Å². The summed E-state index contributed by atoms with van der Waals surface area (Å²) in [6.45, 7) is 2.30. The van der Waals surface area contributed by atoms with Crippen LogP contribution < -0.4 is 20.1 Å². The highest BCUT2D eigenvalue weighted by molar-refractivity contribution is 14.1. The molecule has 2 aromatic rings. The van der Waals surface area contributed by atoms with Crippen LogP contribution in [-0.2, 0) is 16.2 Å². The van der Waals surface area contributed by atoms with Crippen molar-refractivity contribution in [1.29, 1.82) is 0 Å². The number of ether oxygens (including phenoxy) is 2. The molecule has 10 nitrogen and oxygen atoms in total. The Morgan fingerprint density at radius 2 is 1.71 bits per heavy atom. The van der Waals surface area contributed by atoms with Crippen LogP contribution >= 0.6 is 22.6 Å². The van der Waals surface area contributed by atoms with Crippen molar-refractivity contribution < 1.29 is 28.8 Å². The van der Waals surface area contributed by atoms with Crippen LogP contribution in [0.5, 0.6) is 11.5 Å². The molecule has 0 atom stereocenters. The molecule has 3 rings (SSSR count). The molecule has 0 aliphatic carbocycles. The van der Waals surface area contributed by atoms with Gasteiger partial charge in [-0.3, -0.25) is 30.3 Å². The van der Waals surface area contributed by atoms with E-state index in [4.69, 9.17) is 9.47 Å². The van der Waals surface area contributed by atoms with Gasteiger partial charge >= 0.3 is 6.03 Å². The average Bonchev–Trinajstić information content (AvgIpc) is 2.70. The number of non-ortho nitro benzene ring substituents is 1. The molecule has 0 saturated carbocycles. The molecule has 0 aromatic heterocycles. The molecule has 0 unspecified atom stereocenters. The van der Waals surface area contributed by atoms with Crippen molar-refractivity contribution in [2.45, 2.75) is 13.5 Å². The Morgan fingerprint density at radius 3 is 2.29 bits per heavy atom. The van der Waals surface area contributed by atoms with E-state index in [0.29, 0.717) is 27.2 Å². The lowest BCUT2D eigenvalue weighted by atomic mass is 10.1. The van der Waals surface area contributed by atoms with Crippen molar-refractivity contribution in [2.24, 2.45) is 0 Å². The fourth-order valence-electron chi connectivity index (χ4n) is 2.72. The van der Waals surface area contributed by atoms with Gasteiger partial charge in [0.15, 0.2) is 11.5 Å². The molecule has 160 valence electrons. The third kappa shape index (κ3) is 5.36. The highest BCUT2D eigenvalue weighted by atomic mass is 127. The highest BCUT2D eigenvalue weighted by Gasteiger charge is 2.28. The van der Waals surface area contributed by atoms with Gasteiger partial charge in [0.05, 0.1) is 15.1 Å². The molecule has 31 heavy (non-hydrogen) atoms. The summed E-state index contributed by atoms with van der Waals surface area (Å²) < 4.78 is 12.2. The molecule has 1 fully saturated rings. The first-order valence-corrected chi connectivity index (χ1v) is 10.1. The lowest BCUT2D eigenvalue weighted by Crippen LogP contribution is -2.51. The standard InChI is InChI=1S/C20H16IN3O7/c1-2-30-16-9-12(7-14-18(25)22-20(27)23-19(14)26)8-15(21)17(16)31-10-11-3-5-13(6-4-11)24(28)29/h3-9H,2,10H2,1H3,(H2,22,23,25,26,27). The number of benzene rings is 2. The molecule has 2 N–H and O–H groups in total. The number of rotatable bonds is 7. The van der Waals surface area contributed by atoms with Crippen molar-refractivity contribution in [3.8, 4) is 11.5 Å². The Hall–Kier alpha value is -3.48. The maximum atomic E-state index is 11.9. The minimum atomic E-state index is -0.869. The molecule has 11 heteroatoms. The van der Waals surface area contributed by atoms with Crippen LogP contribution in [0, 0.1) is 13.7 Å². The van der Waals surface area contributed by atoms with Gasteiger partial charge in [-0.2, -0.15) is 0 Å². The zero-order valence-corrected chi connectivity index (χ0v) is 18.3. The zero-order chi connectivity index (χ0) is 22.5. The number of carbonyl (C=O) groups is 3. The normalized spacial score (nSPS) is 13.4. The minimum absolute atomic E-state index is 0.0109. The topological polar surface area (TPSA) is 137 Å². The molecule has 0 bridgehead atoms. The number of halogens is 1. The first-order valence-electron chi connectivity index (χ1n) is 8.99. The van der Waals surface area contributed by atoms with Crippen LogP contribution in [0.4, 0.5) is 10.5 Å². The number of nitrogens with one attached hydrogen (secondary N) is 2. The Morgan fingerprint density at radius 1 is 1.06 bits per heavy atom. The smallest absolute Gasteiger partial charge is 0.328 e. The van der Waals surface area contributed by atoms with Gasteiger partial charge < -0.3 is 9.47 Å². The van der Waals surface area contributed by atoms with Crippen LogP contribution in [0.3, 0.4) is 0 Å². The summed E-state index contributed by atoms with van der Waals surface area (Å²) in [7, 11) is 0. The Balaban J connectivity index is 1.85. The number of carbonyl (C=O) groups excluding carboxylic acids is 3. The molecule has 0 radical (unpaired) electrons. The van der Waals surface area contributed by atoms with Crippen LogP contribution in [0.2, 0.25) is 0 Å². The summed E-state index contributed by atoms with van der Waals surface area (Å²) in [4.78, 5) is 45.4. The third-order valence-corrected chi connectivity index (χ3v) is 4.92. The number of hydrogen-bond donors (Lipinski definition) is 2. The molecule has 1 saturated heterocycles. The van der Waals surface area contributed by atoms with Crippen LogP contribution in [0.15, 0.2) is 42.0 Å². The van der Waals surface area contributed by atoms with Gasteiger partial charge in [-0.05, 0) is 71.0 Å². The summed E-state index contributed by atoms with van der Waals surface area (Å²) in [5, 5.41) is 14.8. The molecule has 4 amide bonds. The molecular weight excluding hydrogens is 521 g/mol. The molecule has 1 heterocycles. The maximum Gasteiger partial charge on any atom is 0.328 e. The molecular formula is C20H16IN3O7. The molecule has 2 aromatic carbocycles. The fourth-order valence-corrected chi connectivity index (χ4v) is 3.50. The van der Waals surface area contributed by atoms with E-state index in [1.165, 1.54) is 18.2 Å². The molecule has 1 aliphatic rings. The lowest BCUT2D eigenvalue weighted by Gasteiger charge is -2.16. The number of amides is 4. The van der Waals surface area contributed by atoms with Crippen molar-refractivity contribution >= 4 is 52.2 Å². The van der Waals surface area contributed by atoms with Crippen LogP contribution in [0.25, 0.3) is 6.08 Å². The first kappa shape index (κ1) is 22.2. The minimum Gasteiger partial charge on any atom is -0.490 e. The van der Waals surface area contributed by atoms with Crippen LogP contribution in [0.1, 0.15) is 18.1 Å². The van der Waals surface area contributed by atoms with E-state index in [9.17, 15) is 24.5 Å². The van der Waals surface area contributed by atoms with E-state index in [1.54, 1.807) is 31.2 Å². The maximum absolute atomic E-state index is 11.9. The summed E-state index contributed by atoms with van der Waals surface area (Å²) in [6.07, 6.45) is 1.35. The second kappa shape index (κ2) is 9.55. The second-order valence-corrected chi connectivity index (χ2v) is 7.43. The molecule has 1 aliphatic heterocycles. The predicted molar refractivity (Wildman–Crippen MR) is 117 cm³/mol. The van der Waals surface area contributed by atoms with Crippen molar-refractivity contribution in [3.63, 3.8) is 0 Å². The van der Waals surface area contributed by atoms with Gasteiger partial charge in [-0.25, -0.2) is 4.79 Å². The predicted octanol–water partition coefficient (Wildman–Crippen LogP) is 2.93. The SMILES string of the molecule is CCOc1cc(C=C2C(=O)NC(=O)NC2=O)cc(I)c1OCc1ccc([N+](=O)[O-])cc1. The Kier molecular flexibility index (Phi) is 6.84. The lowest BCUT2D eigenvalue weighted by molar-refractivity contribution is -0.384. The van der Waals surface area contributed by atoms with Gasteiger partial charge in [0.25, 0.3) is 17.5 Å². The first-order chi connectivity index (χ1) is 14.8. The largest absolute Gasteiger partial charge is 0.490 e. The Bertz CT molecular complexity index is 1070. The number of nitro groups is 1. The molecule has 0 spiro atoms. The summed E-state index contributed by atoms with van der Waals surface area (Å²) in [5.74, 6) is -0.730. The third-order valence-electron chi connectivity index (χ3n) is 4.12. The summed E-state index contributed by atoms with van der Waals surface area (Å²) in [5.41, 5.74) is 1.01. The van der Waals surface area contributed by atoms with Crippen molar-refractivity contribution in [3.05, 3.63) is 66.8 Å². The van der Waals surface area contributed by atoms with E-state index in [0.717, 1.165) is 5.56 Å². The highest BCUT2D eigenvalue weighted by Crippen LogP contribution is 2.35. The fraction of sp³-hybridized carbons (Fsp3) is 0.150. The monoisotopic (exact) mass is 537 g/mol. The van der Waals surface area contributed by atoms with Gasteiger partial charge in [-0.1, -0.05) is 0 Å². The average molecular weight is 537 g/mol. The van der Waals surface area contributed by atoms with Gasteiger partial charge in [0.1, 0.15) is 12.2 Å². The zero-order valence-electron chi connectivity index (χ0n) is 16.1. The van der Waals surface area contributed by atoms with Crippen molar-refractivity contribution in [2.75, 3.05) is 6.61 Å². The number of urea groups is 1. The quantitative estimate of drug-likeness (QED) is 0.182. The van der Waals surface area contributed by atoms with Gasteiger partial charge in [-0.15, -0.1) is 0 Å². The second-order valence-electron chi connectivity index (χ2n) is 6.27. The summed E-state index contributed by atoms with van der Waals surface area (Å²) in [6, 6.07) is 8.43. The van der Waals surface area contributed by atoms with Crippen molar-refractivity contribution in [1.82, 2.24) is 10.6 Å². The van der Waals surface area contributed by atoms with Crippen LogP contribution in [-0.4, -0.2) is 29.4 Å².